The van der Waals surface area contributed by atoms with E-state index in [2.05, 4.69) is 4.98 Å². The Morgan fingerprint density at radius 3 is 2.65 bits per heavy atom. The molecule has 0 spiro atoms. The van der Waals surface area contributed by atoms with Crippen molar-refractivity contribution >= 4 is 5.97 Å². The third-order valence-electron chi connectivity index (χ3n) is 4.31. The Kier molecular flexibility index (Phi) is 4.48. The van der Waals surface area contributed by atoms with Crippen LogP contribution in [0.1, 0.15) is 43.6 Å². The number of rotatable bonds is 4. The van der Waals surface area contributed by atoms with Crippen molar-refractivity contribution in [2.24, 2.45) is 0 Å². The van der Waals surface area contributed by atoms with Gasteiger partial charge >= 0.3 is 5.97 Å². The zero-order valence-corrected chi connectivity index (χ0v) is 13.2. The predicted molar refractivity (Wildman–Crippen MR) is 84.5 cm³/mol. The first-order valence-electron chi connectivity index (χ1n) is 8.00. The first kappa shape index (κ1) is 15.7. The van der Waals surface area contributed by atoms with Crippen LogP contribution in [0.25, 0.3) is 11.5 Å². The van der Waals surface area contributed by atoms with E-state index in [1.165, 1.54) is 0 Å². The van der Waals surface area contributed by atoms with Crippen LogP contribution < -0.4 is 0 Å². The number of ether oxygens (including phenoxy) is 1. The van der Waals surface area contributed by atoms with E-state index >= 15 is 0 Å². The summed E-state index contributed by atoms with van der Waals surface area (Å²) < 4.78 is 10.9. The largest absolute Gasteiger partial charge is 0.457 e. The molecule has 2 aromatic rings. The van der Waals surface area contributed by atoms with E-state index in [0.29, 0.717) is 30.2 Å². The normalized spacial score (nSPS) is 17.0. The maximum atomic E-state index is 12.2. The first-order chi connectivity index (χ1) is 11.1. The van der Waals surface area contributed by atoms with Gasteiger partial charge in [-0.1, -0.05) is 24.6 Å². The van der Waals surface area contributed by atoms with Crippen molar-refractivity contribution in [2.45, 2.75) is 51.2 Å². The minimum atomic E-state index is -1.34. The van der Waals surface area contributed by atoms with Crippen molar-refractivity contribution in [2.75, 3.05) is 0 Å². The SMILES string of the molecule is Cc1oc(-c2ccccc2)nc1COC(=O)C1(O)CCCCC1. The molecule has 1 heterocycles. The molecular formula is C18H21NO4. The number of hydrogen-bond acceptors (Lipinski definition) is 5. The van der Waals surface area contributed by atoms with Crippen molar-refractivity contribution in [1.82, 2.24) is 4.98 Å². The average molecular weight is 315 g/mol. The lowest BCUT2D eigenvalue weighted by Crippen LogP contribution is -2.41. The fourth-order valence-electron chi connectivity index (χ4n) is 2.88. The molecule has 1 N–H and O–H groups in total. The number of aromatic nitrogens is 1. The summed E-state index contributed by atoms with van der Waals surface area (Å²) >= 11 is 0. The predicted octanol–water partition coefficient (Wildman–Crippen LogP) is 3.39. The molecule has 5 nitrogen and oxygen atoms in total. The van der Waals surface area contributed by atoms with Gasteiger partial charge in [-0.3, -0.25) is 0 Å². The van der Waals surface area contributed by atoms with Crippen LogP contribution in [0.3, 0.4) is 0 Å². The van der Waals surface area contributed by atoms with Gasteiger partial charge in [-0.15, -0.1) is 0 Å². The molecule has 122 valence electrons. The zero-order chi connectivity index (χ0) is 16.3. The Hall–Kier alpha value is -2.14. The Balaban J connectivity index is 1.67. The second-order valence-electron chi connectivity index (χ2n) is 6.06. The van der Waals surface area contributed by atoms with Crippen LogP contribution >= 0.6 is 0 Å². The number of carbonyl (C=O) groups is 1. The Bertz CT molecular complexity index is 672. The zero-order valence-electron chi connectivity index (χ0n) is 13.2. The third-order valence-corrected chi connectivity index (χ3v) is 4.31. The quantitative estimate of drug-likeness (QED) is 0.876. The summed E-state index contributed by atoms with van der Waals surface area (Å²) in [7, 11) is 0. The molecule has 23 heavy (non-hydrogen) atoms. The summed E-state index contributed by atoms with van der Waals surface area (Å²) in [4.78, 5) is 16.5. The van der Waals surface area contributed by atoms with Crippen molar-refractivity contribution in [3.63, 3.8) is 0 Å². The molecule has 1 aliphatic carbocycles. The van der Waals surface area contributed by atoms with Gasteiger partial charge in [0.05, 0.1) is 0 Å². The number of hydrogen-bond donors (Lipinski definition) is 1. The Morgan fingerprint density at radius 2 is 1.96 bits per heavy atom. The summed E-state index contributed by atoms with van der Waals surface area (Å²) in [6.45, 7) is 1.81. The van der Waals surface area contributed by atoms with Crippen LogP contribution in [0.4, 0.5) is 0 Å². The molecule has 0 radical (unpaired) electrons. The molecule has 3 rings (SSSR count). The lowest BCUT2D eigenvalue weighted by Gasteiger charge is -2.29. The summed E-state index contributed by atoms with van der Waals surface area (Å²) in [5.74, 6) is 0.568. The van der Waals surface area contributed by atoms with E-state index < -0.39 is 11.6 Å². The summed E-state index contributed by atoms with van der Waals surface area (Å²) in [6, 6.07) is 9.56. The van der Waals surface area contributed by atoms with Crippen LogP contribution in [0.2, 0.25) is 0 Å². The van der Waals surface area contributed by atoms with Crippen molar-refractivity contribution in [3.05, 3.63) is 41.8 Å². The second-order valence-corrected chi connectivity index (χ2v) is 6.06. The number of oxazole rings is 1. The van der Waals surface area contributed by atoms with E-state index in [0.717, 1.165) is 24.8 Å². The van der Waals surface area contributed by atoms with Gasteiger partial charge in [0.1, 0.15) is 18.1 Å². The molecule has 1 aliphatic rings. The van der Waals surface area contributed by atoms with Crippen molar-refractivity contribution < 1.29 is 19.1 Å². The number of nitrogens with zero attached hydrogens (tertiary/aromatic N) is 1. The van der Waals surface area contributed by atoms with Gasteiger partial charge in [0.25, 0.3) is 0 Å². The smallest absolute Gasteiger partial charge is 0.338 e. The van der Waals surface area contributed by atoms with Gasteiger partial charge in [-0.2, -0.15) is 0 Å². The molecule has 0 atom stereocenters. The average Bonchev–Trinajstić information content (AvgIpc) is 2.95. The van der Waals surface area contributed by atoms with Gasteiger partial charge < -0.3 is 14.3 Å². The van der Waals surface area contributed by atoms with Crippen LogP contribution in [0.5, 0.6) is 0 Å². The molecule has 1 aromatic carbocycles. The maximum Gasteiger partial charge on any atom is 0.338 e. The highest BCUT2D eigenvalue weighted by Gasteiger charge is 2.38. The lowest BCUT2D eigenvalue weighted by atomic mass is 9.85. The van der Waals surface area contributed by atoms with Gasteiger partial charge in [-0.05, 0) is 44.7 Å². The molecule has 1 saturated carbocycles. The Morgan fingerprint density at radius 1 is 1.26 bits per heavy atom. The molecule has 0 amide bonds. The van der Waals surface area contributed by atoms with Gasteiger partial charge in [-0.25, -0.2) is 9.78 Å². The van der Waals surface area contributed by atoms with Crippen molar-refractivity contribution in [3.8, 4) is 11.5 Å². The molecule has 5 heteroatoms. The third kappa shape index (κ3) is 3.45. The molecule has 0 unspecified atom stereocenters. The Labute approximate surface area is 135 Å². The molecule has 1 fully saturated rings. The van der Waals surface area contributed by atoms with Crippen LogP contribution in [0, 0.1) is 6.92 Å². The molecule has 0 saturated heterocycles. The number of carbonyl (C=O) groups excluding carboxylic acids is 1. The fourth-order valence-corrected chi connectivity index (χ4v) is 2.88. The highest BCUT2D eigenvalue weighted by molar-refractivity contribution is 5.79. The number of benzene rings is 1. The van der Waals surface area contributed by atoms with E-state index in [4.69, 9.17) is 9.15 Å². The summed E-state index contributed by atoms with van der Waals surface area (Å²) in [5.41, 5.74) is 0.119. The number of aryl methyl sites for hydroxylation is 1. The van der Waals surface area contributed by atoms with Crippen molar-refractivity contribution in [1.29, 1.82) is 0 Å². The number of esters is 1. The highest BCUT2D eigenvalue weighted by Crippen LogP contribution is 2.29. The summed E-state index contributed by atoms with van der Waals surface area (Å²) in [6.07, 6.45) is 3.70. The fraction of sp³-hybridized carbons (Fsp3) is 0.444. The van der Waals surface area contributed by atoms with Gasteiger partial charge in [0.15, 0.2) is 5.60 Å². The van der Waals surface area contributed by atoms with E-state index in [1.54, 1.807) is 6.92 Å². The van der Waals surface area contributed by atoms with Crippen LogP contribution in [-0.2, 0) is 16.1 Å². The molecule has 0 bridgehead atoms. The van der Waals surface area contributed by atoms with E-state index in [9.17, 15) is 9.90 Å². The summed E-state index contributed by atoms with van der Waals surface area (Å²) in [5, 5.41) is 10.4. The first-order valence-corrected chi connectivity index (χ1v) is 8.00. The maximum absolute atomic E-state index is 12.2. The standard InChI is InChI=1S/C18H21NO4/c1-13-15(19-16(23-13)14-8-4-2-5-9-14)12-22-17(20)18(21)10-6-3-7-11-18/h2,4-5,8-9,21H,3,6-7,10-12H2,1H3. The molecule has 1 aromatic heterocycles. The van der Waals surface area contributed by atoms with Gasteiger partial charge in [0, 0.05) is 5.56 Å². The minimum absolute atomic E-state index is 0.0172. The van der Waals surface area contributed by atoms with Crippen LogP contribution in [-0.4, -0.2) is 21.7 Å². The molecule has 0 aliphatic heterocycles. The van der Waals surface area contributed by atoms with Crippen LogP contribution in [0.15, 0.2) is 34.7 Å². The monoisotopic (exact) mass is 315 g/mol. The van der Waals surface area contributed by atoms with E-state index in [-0.39, 0.29) is 6.61 Å². The molecular weight excluding hydrogens is 294 g/mol. The van der Waals surface area contributed by atoms with E-state index in [1.807, 2.05) is 30.3 Å². The minimum Gasteiger partial charge on any atom is -0.457 e. The van der Waals surface area contributed by atoms with Gasteiger partial charge in [0.2, 0.25) is 5.89 Å². The topological polar surface area (TPSA) is 72.6 Å². The lowest BCUT2D eigenvalue weighted by molar-refractivity contribution is -0.170. The second kappa shape index (κ2) is 6.54. The highest BCUT2D eigenvalue weighted by atomic mass is 16.6. The number of aliphatic hydroxyl groups is 1.